The second-order valence-corrected chi connectivity index (χ2v) is 10.1. The second kappa shape index (κ2) is 10.9. The van der Waals surface area contributed by atoms with Crippen LogP contribution in [-0.2, 0) is 6.18 Å². The van der Waals surface area contributed by atoms with E-state index in [0.717, 1.165) is 54.5 Å². The molecule has 1 aromatic heterocycles. The SMILES string of the molecule is CN(C)c1nc(NC2CCC(NC(=O)c3ccccc3-c3ccc(C(F)(F)F)cc3)CC2)nc2ccccc12. The summed E-state index contributed by atoms with van der Waals surface area (Å²) in [4.78, 5) is 24.6. The first-order chi connectivity index (χ1) is 18.7. The van der Waals surface area contributed by atoms with Crippen molar-refractivity contribution in [2.45, 2.75) is 43.9 Å². The Balaban J connectivity index is 1.22. The third-order valence-electron chi connectivity index (χ3n) is 7.10. The number of carbonyl (C=O) groups is 1. The van der Waals surface area contributed by atoms with Crippen LogP contribution in [0, 0.1) is 0 Å². The number of benzene rings is 3. The summed E-state index contributed by atoms with van der Waals surface area (Å²) in [5.41, 5.74) is 1.77. The molecule has 1 saturated carbocycles. The molecule has 1 aliphatic carbocycles. The van der Waals surface area contributed by atoms with Crippen LogP contribution in [0.5, 0.6) is 0 Å². The van der Waals surface area contributed by atoms with Gasteiger partial charge >= 0.3 is 6.18 Å². The predicted molar refractivity (Wildman–Crippen MR) is 148 cm³/mol. The molecule has 0 atom stereocenters. The Hall–Kier alpha value is -4.14. The first kappa shape index (κ1) is 26.5. The number of anilines is 2. The largest absolute Gasteiger partial charge is 0.416 e. The molecule has 1 aliphatic rings. The van der Waals surface area contributed by atoms with Gasteiger partial charge in [-0.2, -0.15) is 18.2 Å². The van der Waals surface area contributed by atoms with Crippen LogP contribution in [0.2, 0.25) is 0 Å². The van der Waals surface area contributed by atoms with E-state index in [-0.39, 0.29) is 18.0 Å². The number of para-hydroxylation sites is 1. The number of fused-ring (bicyclic) bond motifs is 1. The summed E-state index contributed by atoms with van der Waals surface area (Å²) in [7, 11) is 3.92. The maximum atomic E-state index is 13.2. The molecule has 202 valence electrons. The molecule has 0 aliphatic heterocycles. The lowest BCUT2D eigenvalue weighted by Crippen LogP contribution is -2.40. The molecular formula is C30H30F3N5O. The number of amides is 1. The first-order valence-corrected chi connectivity index (χ1v) is 13.0. The maximum Gasteiger partial charge on any atom is 0.416 e. The van der Waals surface area contributed by atoms with Gasteiger partial charge < -0.3 is 15.5 Å². The summed E-state index contributed by atoms with van der Waals surface area (Å²) in [6.07, 6.45) is -1.13. The molecule has 0 radical (unpaired) electrons. The molecule has 2 N–H and O–H groups in total. The van der Waals surface area contributed by atoms with Crippen molar-refractivity contribution < 1.29 is 18.0 Å². The highest BCUT2D eigenvalue weighted by atomic mass is 19.4. The standard InChI is InChI=1S/C30H30F3N5O/c1-38(2)27-25-9-5-6-10-26(25)36-29(37-27)35-22-17-15-21(16-18-22)34-28(39)24-8-4-3-7-23(24)19-11-13-20(14-12-19)30(31,32)33/h3-14,21-22H,15-18H2,1-2H3,(H,34,39)(H,35,36,37). The highest BCUT2D eigenvalue weighted by Crippen LogP contribution is 2.32. The summed E-state index contributed by atoms with van der Waals surface area (Å²) in [6.45, 7) is 0. The Morgan fingerprint density at radius 2 is 1.49 bits per heavy atom. The van der Waals surface area contributed by atoms with Crippen molar-refractivity contribution >= 4 is 28.6 Å². The molecule has 5 rings (SSSR count). The van der Waals surface area contributed by atoms with Gasteiger partial charge in [-0.1, -0.05) is 42.5 Å². The molecule has 0 unspecified atom stereocenters. The van der Waals surface area contributed by atoms with Gasteiger partial charge in [0.25, 0.3) is 5.91 Å². The molecule has 3 aromatic carbocycles. The van der Waals surface area contributed by atoms with Crippen molar-refractivity contribution in [2.24, 2.45) is 0 Å². The van der Waals surface area contributed by atoms with Gasteiger partial charge in [-0.05, 0) is 67.1 Å². The van der Waals surface area contributed by atoms with Crippen LogP contribution in [0.1, 0.15) is 41.6 Å². The molecule has 39 heavy (non-hydrogen) atoms. The van der Waals surface area contributed by atoms with Crippen molar-refractivity contribution in [3.05, 3.63) is 83.9 Å². The maximum absolute atomic E-state index is 13.2. The molecule has 6 nitrogen and oxygen atoms in total. The number of aromatic nitrogens is 2. The lowest BCUT2D eigenvalue weighted by Gasteiger charge is -2.30. The monoisotopic (exact) mass is 533 g/mol. The van der Waals surface area contributed by atoms with Gasteiger partial charge in [0.15, 0.2) is 0 Å². The Morgan fingerprint density at radius 3 is 2.18 bits per heavy atom. The Kier molecular flexibility index (Phi) is 7.41. The van der Waals surface area contributed by atoms with E-state index in [4.69, 9.17) is 9.97 Å². The van der Waals surface area contributed by atoms with Gasteiger partial charge in [-0.25, -0.2) is 4.98 Å². The topological polar surface area (TPSA) is 70.2 Å². The molecule has 0 spiro atoms. The summed E-state index contributed by atoms with van der Waals surface area (Å²) >= 11 is 0. The Bertz CT molecular complexity index is 1460. The molecule has 9 heteroatoms. The number of rotatable bonds is 6. The average molecular weight is 534 g/mol. The molecule has 4 aromatic rings. The number of alkyl halides is 3. The van der Waals surface area contributed by atoms with E-state index in [0.29, 0.717) is 22.6 Å². The van der Waals surface area contributed by atoms with E-state index in [1.54, 1.807) is 24.3 Å². The van der Waals surface area contributed by atoms with Crippen molar-refractivity contribution in [3.63, 3.8) is 0 Å². The summed E-state index contributed by atoms with van der Waals surface area (Å²) < 4.78 is 38.9. The van der Waals surface area contributed by atoms with Gasteiger partial charge in [0, 0.05) is 37.1 Å². The van der Waals surface area contributed by atoms with Crippen LogP contribution in [0.4, 0.5) is 24.9 Å². The van der Waals surface area contributed by atoms with E-state index in [1.807, 2.05) is 43.3 Å². The first-order valence-electron chi connectivity index (χ1n) is 13.0. The van der Waals surface area contributed by atoms with Gasteiger partial charge in [0.05, 0.1) is 11.1 Å². The van der Waals surface area contributed by atoms with E-state index in [2.05, 4.69) is 10.6 Å². The fraction of sp³-hybridized carbons (Fsp3) is 0.300. The van der Waals surface area contributed by atoms with E-state index in [1.165, 1.54) is 12.1 Å². The number of carbonyl (C=O) groups excluding carboxylic acids is 1. The third kappa shape index (κ3) is 5.97. The van der Waals surface area contributed by atoms with Crippen LogP contribution in [0.15, 0.2) is 72.8 Å². The quantitative estimate of drug-likeness (QED) is 0.295. The number of hydrogen-bond donors (Lipinski definition) is 2. The van der Waals surface area contributed by atoms with Crippen LogP contribution in [0.3, 0.4) is 0 Å². The van der Waals surface area contributed by atoms with Crippen molar-refractivity contribution in [1.29, 1.82) is 0 Å². The summed E-state index contributed by atoms with van der Waals surface area (Å²) in [5.74, 6) is 1.22. The van der Waals surface area contributed by atoms with Crippen molar-refractivity contribution in [1.82, 2.24) is 15.3 Å². The minimum atomic E-state index is -4.40. The minimum Gasteiger partial charge on any atom is -0.362 e. The summed E-state index contributed by atoms with van der Waals surface area (Å²) in [5, 5.41) is 7.60. The van der Waals surface area contributed by atoms with E-state index in [9.17, 15) is 18.0 Å². The molecule has 1 amide bonds. The number of nitrogens with zero attached hydrogens (tertiary/aromatic N) is 3. The molecule has 1 fully saturated rings. The number of halogens is 3. The Labute approximate surface area is 225 Å². The van der Waals surface area contributed by atoms with Gasteiger partial charge in [0.1, 0.15) is 5.82 Å². The van der Waals surface area contributed by atoms with E-state index >= 15 is 0 Å². The zero-order valence-corrected chi connectivity index (χ0v) is 21.8. The smallest absolute Gasteiger partial charge is 0.362 e. The number of nitrogens with one attached hydrogen (secondary N) is 2. The molecular weight excluding hydrogens is 503 g/mol. The fourth-order valence-electron chi connectivity index (χ4n) is 5.06. The normalized spacial score (nSPS) is 17.6. The van der Waals surface area contributed by atoms with Crippen LogP contribution in [-0.4, -0.2) is 42.1 Å². The predicted octanol–water partition coefficient (Wildman–Crippen LogP) is 6.53. The lowest BCUT2D eigenvalue weighted by molar-refractivity contribution is -0.137. The molecule has 0 saturated heterocycles. The summed E-state index contributed by atoms with van der Waals surface area (Å²) in [6, 6.07) is 20.0. The Morgan fingerprint density at radius 1 is 0.846 bits per heavy atom. The van der Waals surface area contributed by atoms with Crippen LogP contribution < -0.4 is 15.5 Å². The second-order valence-electron chi connectivity index (χ2n) is 10.1. The fourth-order valence-corrected chi connectivity index (χ4v) is 5.06. The average Bonchev–Trinajstić information content (AvgIpc) is 2.93. The van der Waals surface area contributed by atoms with Crippen molar-refractivity contribution in [2.75, 3.05) is 24.3 Å². The zero-order valence-electron chi connectivity index (χ0n) is 21.8. The minimum absolute atomic E-state index is 0.00562. The van der Waals surface area contributed by atoms with Gasteiger partial charge in [-0.3, -0.25) is 4.79 Å². The van der Waals surface area contributed by atoms with Gasteiger partial charge in [-0.15, -0.1) is 0 Å². The highest BCUT2D eigenvalue weighted by molar-refractivity contribution is 6.01. The van der Waals surface area contributed by atoms with E-state index < -0.39 is 11.7 Å². The van der Waals surface area contributed by atoms with Crippen LogP contribution >= 0.6 is 0 Å². The number of hydrogen-bond acceptors (Lipinski definition) is 5. The van der Waals surface area contributed by atoms with Gasteiger partial charge in [0.2, 0.25) is 5.95 Å². The molecule has 1 heterocycles. The van der Waals surface area contributed by atoms with Crippen molar-refractivity contribution in [3.8, 4) is 11.1 Å². The zero-order chi connectivity index (χ0) is 27.6. The van der Waals surface area contributed by atoms with Crippen LogP contribution in [0.25, 0.3) is 22.0 Å². The molecule has 0 bridgehead atoms. The lowest BCUT2D eigenvalue weighted by atomic mass is 9.90. The highest BCUT2D eigenvalue weighted by Gasteiger charge is 2.30. The third-order valence-corrected chi connectivity index (χ3v) is 7.10.